The van der Waals surface area contributed by atoms with Gasteiger partial charge in [-0.15, -0.1) is 10.2 Å². The summed E-state index contributed by atoms with van der Waals surface area (Å²) in [5.74, 6) is 0.858. The smallest absolute Gasteiger partial charge is 0.257 e. The van der Waals surface area contributed by atoms with Gasteiger partial charge in [0.1, 0.15) is 5.82 Å². The van der Waals surface area contributed by atoms with Crippen molar-refractivity contribution in [2.24, 2.45) is 0 Å². The lowest BCUT2D eigenvalue weighted by atomic mass is 10.1. The Labute approximate surface area is 238 Å². The van der Waals surface area contributed by atoms with Gasteiger partial charge in [0.25, 0.3) is 5.91 Å². The second-order valence-corrected chi connectivity index (χ2v) is 10.9. The third-order valence-corrected chi connectivity index (χ3v) is 8.06. The van der Waals surface area contributed by atoms with E-state index >= 15 is 0 Å². The van der Waals surface area contributed by atoms with Crippen molar-refractivity contribution in [2.45, 2.75) is 37.4 Å². The summed E-state index contributed by atoms with van der Waals surface area (Å²) in [7, 11) is 0. The molecule has 0 bridgehead atoms. The second kappa shape index (κ2) is 12.9. The first kappa shape index (κ1) is 27.6. The topological polar surface area (TPSA) is 71.3 Å². The molecule has 1 aliphatic heterocycles. The molecule has 0 saturated carbocycles. The molecule has 0 aliphatic carbocycles. The molecule has 0 N–H and O–H groups in total. The number of piperazine rings is 1. The minimum Gasteiger partial charge on any atom is -0.339 e. The van der Waals surface area contributed by atoms with Crippen LogP contribution < -0.4 is 0 Å². The number of hydrogen-bond acceptors (Lipinski definition) is 5. The fraction of sp³-hybridized carbons (Fsp3) is 0.290. The Kier molecular flexibility index (Phi) is 8.91. The Bertz CT molecular complexity index is 1450. The number of nitrogens with zero attached hydrogens (tertiary/aromatic N) is 5. The van der Waals surface area contributed by atoms with Gasteiger partial charge in [0.05, 0.1) is 5.56 Å². The van der Waals surface area contributed by atoms with Crippen LogP contribution in [0.4, 0.5) is 4.39 Å². The standard InChI is InChI=1S/C31H32FN5O2S/c1-23-22-35(19-20-36(23)30(39)26-16-8-9-17-27(26)32)28(38)18-10-11-21-40-31-34-33-29(24-12-4-2-5-13-24)37(31)25-14-6-3-7-15-25/h2-9,12-17,23H,10-11,18-22H2,1H3. The van der Waals surface area contributed by atoms with Gasteiger partial charge in [-0.2, -0.15) is 0 Å². The maximum atomic E-state index is 14.1. The zero-order valence-corrected chi connectivity index (χ0v) is 23.3. The van der Waals surface area contributed by atoms with Crippen LogP contribution in [0.15, 0.2) is 90.1 Å². The molecule has 7 nitrogen and oxygen atoms in total. The zero-order valence-electron chi connectivity index (χ0n) is 22.4. The van der Waals surface area contributed by atoms with Crippen LogP contribution in [0.2, 0.25) is 0 Å². The number of thioether (sulfide) groups is 1. The van der Waals surface area contributed by atoms with Gasteiger partial charge in [-0.25, -0.2) is 4.39 Å². The largest absolute Gasteiger partial charge is 0.339 e. The monoisotopic (exact) mass is 557 g/mol. The van der Waals surface area contributed by atoms with Crippen molar-refractivity contribution in [2.75, 3.05) is 25.4 Å². The molecule has 2 amide bonds. The summed E-state index contributed by atoms with van der Waals surface area (Å²) in [6.07, 6.45) is 2.08. The Morgan fingerprint density at radius 3 is 2.33 bits per heavy atom. The van der Waals surface area contributed by atoms with Crippen LogP contribution in [-0.2, 0) is 4.79 Å². The molecule has 1 atom stereocenters. The number of rotatable bonds is 9. The molecule has 1 aliphatic rings. The molecular formula is C31H32FN5O2S. The molecule has 3 aromatic carbocycles. The molecule has 2 heterocycles. The van der Waals surface area contributed by atoms with Crippen molar-refractivity contribution in [3.05, 3.63) is 96.3 Å². The van der Waals surface area contributed by atoms with Crippen LogP contribution in [-0.4, -0.2) is 67.8 Å². The Balaban J connectivity index is 1.12. The highest BCUT2D eigenvalue weighted by molar-refractivity contribution is 7.99. The van der Waals surface area contributed by atoms with E-state index in [2.05, 4.69) is 14.8 Å². The number of para-hydroxylation sites is 1. The maximum absolute atomic E-state index is 14.1. The van der Waals surface area contributed by atoms with E-state index < -0.39 is 5.82 Å². The average molecular weight is 558 g/mol. The SMILES string of the molecule is CC1CN(C(=O)CCCCSc2nnc(-c3ccccc3)n2-c2ccccc2)CCN1C(=O)c1ccccc1F. The molecule has 0 spiro atoms. The number of amides is 2. The fourth-order valence-electron chi connectivity index (χ4n) is 4.92. The Morgan fingerprint density at radius 2 is 1.60 bits per heavy atom. The summed E-state index contributed by atoms with van der Waals surface area (Å²) in [6, 6.07) is 26.0. The number of aromatic nitrogens is 3. The maximum Gasteiger partial charge on any atom is 0.257 e. The Hall–Kier alpha value is -3.98. The number of benzene rings is 3. The Morgan fingerprint density at radius 1 is 0.900 bits per heavy atom. The average Bonchev–Trinajstić information content (AvgIpc) is 3.41. The van der Waals surface area contributed by atoms with Crippen LogP contribution in [0.3, 0.4) is 0 Å². The van der Waals surface area contributed by atoms with Crippen molar-refractivity contribution < 1.29 is 14.0 Å². The van der Waals surface area contributed by atoms with Crippen molar-refractivity contribution in [3.63, 3.8) is 0 Å². The van der Waals surface area contributed by atoms with E-state index in [0.717, 1.165) is 40.8 Å². The van der Waals surface area contributed by atoms with E-state index in [1.807, 2.05) is 72.5 Å². The highest BCUT2D eigenvalue weighted by Gasteiger charge is 2.31. The molecule has 40 heavy (non-hydrogen) atoms. The van der Waals surface area contributed by atoms with Gasteiger partial charge in [-0.05, 0) is 44.0 Å². The van der Waals surface area contributed by atoms with Crippen LogP contribution in [0.5, 0.6) is 0 Å². The van der Waals surface area contributed by atoms with E-state index in [1.165, 1.54) is 12.1 Å². The van der Waals surface area contributed by atoms with Crippen molar-refractivity contribution in [1.82, 2.24) is 24.6 Å². The lowest BCUT2D eigenvalue weighted by Gasteiger charge is -2.40. The van der Waals surface area contributed by atoms with Crippen LogP contribution in [0.1, 0.15) is 36.5 Å². The van der Waals surface area contributed by atoms with E-state index in [0.29, 0.717) is 26.1 Å². The lowest BCUT2D eigenvalue weighted by Crippen LogP contribution is -2.55. The summed E-state index contributed by atoms with van der Waals surface area (Å²) in [5.41, 5.74) is 2.08. The number of carbonyl (C=O) groups is 2. The highest BCUT2D eigenvalue weighted by Crippen LogP contribution is 2.28. The van der Waals surface area contributed by atoms with Gasteiger partial charge in [0.15, 0.2) is 11.0 Å². The number of carbonyl (C=O) groups excluding carboxylic acids is 2. The summed E-state index contributed by atoms with van der Waals surface area (Å²) < 4.78 is 16.2. The van der Waals surface area contributed by atoms with E-state index in [9.17, 15) is 14.0 Å². The molecule has 1 unspecified atom stereocenters. The minimum atomic E-state index is -0.519. The van der Waals surface area contributed by atoms with Gasteiger partial charge in [-0.3, -0.25) is 14.2 Å². The fourth-order valence-corrected chi connectivity index (χ4v) is 5.87. The van der Waals surface area contributed by atoms with Crippen LogP contribution in [0, 0.1) is 5.82 Å². The number of halogens is 1. The summed E-state index contributed by atoms with van der Waals surface area (Å²) in [5, 5.41) is 9.78. The molecule has 1 saturated heterocycles. The first-order chi connectivity index (χ1) is 19.5. The predicted octanol–water partition coefficient (Wildman–Crippen LogP) is 5.71. The highest BCUT2D eigenvalue weighted by atomic mass is 32.2. The molecule has 5 rings (SSSR count). The first-order valence-electron chi connectivity index (χ1n) is 13.6. The zero-order chi connectivity index (χ0) is 27.9. The van der Waals surface area contributed by atoms with Gasteiger partial charge >= 0.3 is 0 Å². The molecule has 4 aromatic rings. The summed E-state index contributed by atoms with van der Waals surface area (Å²) >= 11 is 1.64. The van der Waals surface area contributed by atoms with E-state index in [-0.39, 0.29) is 23.4 Å². The van der Waals surface area contributed by atoms with Gasteiger partial charge in [0, 0.05) is 49.1 Å². The van der Waals surface area contributed by atoms with Crippen LogP contribution >= 0.6 is 11.8 Å². The lowest BCUT2D eigenvalue weighted by molar-refractivity contribution is -0.133. The third-order valence-electron chi connectivity index (χ3n) is 7.04. The molecule has 1 fully saturated rings. The van der Waals surface area contributed by atoms with E-state index in [1.54, 1.807) is 28.8 Å². The van der Waals surface area contributed by atoms with E-state index in [4.69, 9.17) is 0 Å². The summed E-state index contributed by atoms with van der Waals surface area (Å²) in [6.45, 7) is 3.22. The molecule has 206 valence electrons. The summed E-state index contributed by atoms with van der Waals surface area (Å²) in [4.78, 5) is 29.2. The van der Waals surface area contributed by atoms with Crippen molar-refractivity contribution in [1.29, 1.82) is 0 Å². The van der Waals surface area contributed by atoms with Gasteiger partial charge in [0.2, 0.25) is 5.91 Å². The third kappa shape index (κ3) is 6.25. The van der Waals surface area contributed by atoms with Crippen LogP contribution in [0.25, 0.3) is 17.1 Å². The minimum absolute atomic E-state index is 0.0746. The van der Waals surface area contributed by atoms with Gasteiger partial charge < -0.3 is 9.80 Å². The molecule has 0 radical (unpaired) electrons. The first-order valence-corrected chi connectivity index (χ1v) is 14.5. The van der Waals surface area contributed by atoms with Gasteiger partial charge in [-0.1, -0.05) is 72.4 Å². The van der Waals surface area contributed by atoms with Crippen molar-refractivity contribution in [3.8, 4) is 17.1 Å². The number of hydrogen-bond donors (Lipinski definition) is 0. The van der Waals surface area contributed by atoms with Crippen molar-refractivity contribution >= 4 is 23.6 Å². The molecular weight excluding hydrogens is 525 g/mol. The second-order valence-electron chi connectivity index (χ2n) is 9.82. The molecule has 1 aromatic heterocycles. The quantitative estimate of drug-likeness (QED) is 0.195. The molecule has 9 heteroatoms. The predicted molar refractivity (Wildman–Crippen MR) is 155 cm³/mol. The number of unbranched alkanes of at least 4 members (excludes halogenated alkanes) is 1. The normalized spacial score (nSPS) is 15.3.